The van der Waals surface area contributed by atoms with Crippen LogP contribution in [-0.2, 0) is 9.59 Å². The Bertz CT molecular complexity index is 376. The number of carboxylic acid groups (broad SMARTS) is 1. The second kappa shape index (κ2) is 7.12. The van der Waals surface area contributed by atoms with Crippen molar-refractivity contribution in [3.63, 3.8) is 0 Å². The number of aliphatic carboxylic acids is 1. The van der Waals surface area contributed by atoms with E-state index in [2.05, 4.69) is 10.6 Å². The van der Waals surface area contributed by atoms with Crippen molar-refractivity contribution < 1.29 is 19.5 Å². The molecule has 1 fully saturated rings. The Hall–Kier alpha value is -1.79. The molecule has 1 rings (SSSR count). The molecule has 1 aliphatic carbocycles. The number of carbonyl (C=O) groups excluding carboxylic acids is 2. The standard InChI is InChI=1S/C13H23N3O4/c1-3-16(4-2)10(17)6-9-14-12(20)15-13(11(18)19)7-5-8-13/h3-9H2,1-2H3,(H,18,19)(H2,14,15,20). The van der Waals surface area contributed by atoms with Crippen LogP contribution in [0.1, 0.15) is 39.5 Å². The maximum Gasteiger partial charge on any atom is 0.329 e. The van der Waals surface area contributed by atoms with Gasteiger partial charge in [0.2, 0.25) is 5.91 Å². The Morgan fingerprint density at radius 2 is 1.80 bits per heavy atom. The number of rotatable bonds is 7. The molecule has 0 bridgehead atoms. The topological polar surface area (TPSA) is 98.7 Å². The molecule has 3 N–H and O–H groups in total. The highest BCUT2D eigenvalue weighted by Gasteiger charge is 2.45. The van der Waals surface area contributed by atoms with E-state index in [9.17, 15) is 14.4 Å². The van der Waals surface area contributed by atoms with Gasteiger partial charge in [0.05, 0.1) is 0 Å². The summed E-state index contributed by atoms with van der Waals surface area (Å²) in [5.74, 6) is -1.02. The van der Waals surface area contributed by atoms with Gasteiger partial charge in [0, 0.05) is 26.1 Å². The molecule has 0 aromatic carbocycles. The molecule has 0 aromatic rings. The third-order valence-electron chi connectivity index (χ3n) is 3.71. The van der Waals surface area contributed by atoms with Crippen LogP contribution in [0, 0.1) is 0 Å². The van der Waals surface area contributed by atoms with Crippen LogP contribution in [0.3, 0.4) is 0 Å². The summed E-state index contributed by atoms with van der Waals surface area (Å²) >= 11 is 0. The molecule has 0 saturated heterocycles. The van der Waals surface area contributed by atoms with Crippen molar-refractivity contribution in [3.8, 4) is 0 Å². The molecule has 0 radical (unpaired) electrons. The number of carbonyl (C=O) groups is 3. The zero-order chi connectivity index (χ0) is 15.2. The fraction of sp³-hybridized carbons (Fsp3) is 0.769. The molecule has 1 saturated carbocycles. The van der Waals surface area contributed by atoms with E-state index < -0.39 is 17.5 Å². The van der Waals surface area contributed by atoms with Crippen molar-refractivity contribution in [1.82, 2.24) is 15.5 Å². The first kappa shape index (κ1) is 16.3. The van der Waals surface area contributed by atoms with Gasteiger partial charge in [-0.05, 0) is 33.1 Å². The Morgan fingerprint density at radius 3 is 2.20 bits per heavy atom. The molecule has 0 atom stereocenters. The van der Waals surface area contributed by atoms with Crippen LogP contribution in [0.25, 0.3) is 0 Å². The lowest BCUT2D eigenvalue weighted by Crippen LogP contribution is -2.61. The van der Waals surface area contributed by atoms with E-state index in [-0.39, 0.29) is 18.9 Å². The number of nitrogens with zero attached hydrogens (tertiary/aromatic N) is 1. The van der Waals surface area contributed by atoms with Crippen LogP contribution in [0.15, 0.2) is 0 Å². The average Bonchev–Trinajstić information content (AvgIpc) is 2.34. The van der Waals surface area contributed by atoms with Crippen molar-refractivity contribution in [2.75, 3.05) is 19.6 Å². The Balaban J connectivity index is 2.30. The van der Waals surface area contributed by atoms with Crippen LogP contribution in [0.4, 0.5) is 4.79 Å². The molecule has 114 valence electrons. The van der Waals surface area contributed by atoms with Crippen molar-refractivity contribution >= 4 is 17.9 Å². The van der Waals surface area contributed by atoms with Crippen LogP contribution in [0.5, 0.6) is 0 Å². The van der Waals surface area contributed by atoms with Crippen molar-refractivity contribution in [3.05, 3.63) is 0 Å². The van der Waals surface area contributed by atoms with Crippen molar-refractivity contribution in [2.24, 2.45) is 0 Å². The van der Waals surface area contributed by atoms with Gasteiger partial charge in [0.15, 0.2) is 0 Å². The lowest BCUT2D eigenvalue weighted by molar-refractivity contribution is -0.148. The largest absolute Gasteiger partial charge is 0.480 e. The Morgan fingerprint density at radius 1 is 1.20 bits per heavy atom. The zero-order valence-corrected chi connectivity index (χ0v) is 12.1. The minimum Gasteiger partial charge on any atom is -0.480 e. The molecule has 0 aliphatic heterocycles. The number of nitrogens with one attached hydrogen (secondary N) is 2. The minimum atomic E-state index is -1.12. The third kappa shape index (κ3) is 3.85. The predicted octanol–water partition coefficient (Wildman–Crippen LogP) is 0.551. The fourth-order valence-corrected chi connectivity index (χ4v) is 2.20. The van der Waals surface area contributed by atoms with E-state index in [0.29, 0.717) is 25.9 Å². The first-order valence-electron chi connectivity index (χ1n) is 7.02. The predicted molar refractivity (Wildman–Crippen MR) is 73.3 cm³/mol. The summed E-state index contributed by atoms with van der Waals surface area (Å²) in [7, 11) is 0. The fourth-order valence-electron chi connectivity index (χ4n) is 2.20. The Kier molecular flexibility index (Phi) is 5.79. The van der Waals surface area contributed by atoms with Gasteiger partial charge in [-0.3, -0.25) is 4.79 Å². The molecule has 7 nitrogen and oxygen atoms in total. The maximum atomic E-state index is 11.7. The highest BCUT2D eigenvalue weighted by molar-refractivity contribution is 5.87. The number of hydrogen-bond acceptors (Lipinski definition) is 3. The quantitative estimate of drug-likeness (QED) is 0.636. The number of carboxylic acids is 1. The van der Waals surface area contributed by atoms with Gasteiger partial charge in [0.25, 0.3) is 0 Å². The van der Waals surface area contributed by atoms with Crippen LogP contribution < -0.4 is 10.6 Å². The van der Waals surface area contributed by atoms with Crippen LogP contribution >= 0.6 is 0 Å². The van der Waals surface area contributed by atoms with E-state index in [1.807, 2.05) is 13.8 Å². The van der Waals surface area contributed by atoms with Crippen molar-refractivity contribution in [2.45, 2.75) is 45.1 Å². The lowest BCUT2D eigenvalue weighted by Gasteiger charge is -2.38. The van der Waals surface area contributed by atoms with Crippen molar-refractivity contribution in [1.29, 1.82) is 0 Å². The monoisotopic (exact) mass is 285 g/mol. The van der Waals surface area contributed by atoms with Crippen LogP contribution in [-0.4, -0.2) is 53.1 Å². The van der Waals surface area contributed by atoms with Gasteiger partial charge in [-0.1, -0.05) is 0 Å². The summed E-state index contributed by atoms with van der Waals surface area (Å²) in [4.78, 5) is 36.1. The SMILES string of the molecule is CCN(CC)C(=O)CCNC(=O)NC1(C(=O)O)CCC1. The van der Waals surface area contributed by atoms with Gasteiger partial charge >= 0.3 is 12.0 Å². The number of urea groups is 1. The van der Waals surface area contributed by atoms with E-state index in [0.717, 1.165) is 6.42 Å². The smallest absolute Gasteiger partial charge is 0.329 e. The second-order valence-electron chi connectivity index (χ2n) is 4.94. The summed E-state index contributed by atoms with van der Waals surface area (Å²) in [6.07, 6.45) is 1.92. The highest BCUT2D eigenvalue weighted by Crippen LogP contribution is 2.31. The van der Waals surface area contributed by atoms with Gasteiger partial charge < -0.3 is 20.6 Å². The molecule has 0 heterocycles. The van der Waals surface area contributed by atoms with Gasteiger partial charge in [-0.15, -0.1) is 0 Å². The second-order valence-corrected chi connectivity index (χ2v) is 4.94. The van der Waals surface area contributed by atoms with Gasteiger partial charge in [0.1, 0.15) is 5.54 Å². The Labute approximate surface area is 118 Å². The van der Waals surface area contributed by atoms with Crippen LogP contribution in [0.2, 0.25) is 0 Å². The first-order valence-corrected chi connectivity index (χ1v) is 7.02. The van der Waals surface area contributed by atoms with E-state index >= 15 is 0 Å². The van der Waals surface area contributed by atoms with E-state index in [1.54, 1.807) is 4.90 Å². The summed E-state index contributed by atoms with van der Waals surface area (Å²) in [5.41, 5.74) is -1.12. The molecular weight excluding hydrogens is 262 g/mol. The molecule has 20 heavy (non-hydrogen) atoms. The zero-order valence-electron chi connectivity index (χ0n) is 12.1. The summed E-state index contributed by atoms with van der Waals surface area (Å²) in [6, 6.07) is -0.528. The summed E-state index contributed by atoms with van der Waals surface area (Å²) in [5, 5.41) is 14.1. The highest BCUT2D eigenvalue weighted by atomic mass is 16.4. The summed E-state index contributed by atoms with van der Waals surface area (Å²) in [6.45, 7) is 5.29. The molecule has 0 unspecified atom stereocenters. The normalized spacial score (nSPS) is 15.9. The average molecular weight is 285 g/mol. The van der Waals surface area contributed by atoms with Gasteiger partial charge in [-0.25, -0.2) is 9.59 Å². The van der Waals surface area contributed by atoms with E-state index in [4.69, 9.17) is 5.11 Å². The molecule has 0 spiro atoms. The lowest BCUT2D eigenvalue weighted by atomic mass is 9.77. The molecule has 7 heteroatoms. The minimum absolute atomic E-state index is 0.0214. The summed E-state index contributed by atoms with van der Waals surface area (Å²) < 4.78 is 0. The molecule has 3 amide bonds. The van der Waals surface area contributed by atoms with Gasteiger partial charge in [-0.2, -0.15) is 0 Å². The van der Waals surface area contributed by atoms with E-state index in [1.165, 1.54) is 0 Å². The first-order chi connectivity index (χ1) is 9.45. The number of hydrogen-bond donors (Lipinski definition) is 3. The third-order valence-corrected chi connectivity index (χ3v) is 3.71. The maximum absolute atomic E-state index is 11.7. The number of amides is 3. The molecule has 1 aliphatic rings. The molecule has 0 aromatic heterocycles. The molecular formula is C13H23N3O4.